The first-order valence-corrected chi connectivity index (χ1v) is 15.8. The Morgan fingerprint density at radius 1 is 0.362 bits per heavy atom. The molecular weight excluding hydrogens is 574 g/mol. The number of benzene rings is 7. The third-order valence-electron chi connectivity index (χ3n) is 8.89. The van der Waals surface area contributed by atoms with Gasteiger partial charge in [0, 0.05) is 33.4 Å². The maximum absolute atomic E-state index is 6.65. The fourth-order valence-corrected chi connectivity index (χ4v) is 6.62. The Balaban J connectivity index is 1.17. The van der Waals surface area contributed by atoms with Crippen LogP contribution >= 0.6 is 0 Å². The molecule has 9 aromatic rings. The monoisotopic (exact) mass is 603 g/mol. The second kappa shape index (κ2) is 11.2. The van der Waals surface area contributed by atoms with Gasteiger partial charge in [0.25, 0.3) is 0 Å². The van der Waals surface area contributed by atoms with Crippen LogP contribution in [0.15, 0.2) is 185 Å². The van der Waals surface area contributed by atoms with Crippen molar-refractivity contribution in [3.8, 4) is 33.6 Å². The van der Waals surface area contributed by atoms with Crippen LogP contribution in [-0.4, -0.2) is 0 Å². The Morgan fingerprint density at radius 2 is 0.894 bits per heavy atom. The van der Waals surface area contributed by atoms with Gasteiger partial charge in [0.2, 0.25) is 0 Å². The van der Waals surface area contributed by atoms with Crippen molar-refractivity contribution in [2.24, 2.45) is 0 Å². The van der Waals surface area contributed by atoms with E-state index in [2.05, 4.69) is 138 Å². The minimum atomic E-state index is 0.816. The third-order valence-corrected chi connectivity index (χ3v) is 8.89. The molecule has 0 spiro atoms. The van der Waals surface area contributed by atoms with E-state index in [-0.39, 0.29) is 0 Å². The Bertz CT molecular complexity index is 2480. The average molecular weight is 604 g/mol. The molecule has 9 rings (SSSR count). The molecule has 0 amide bonds. The van der Waals surface area contributed by atoms with Gasteiger partial charge in [-0.2, -0.15) is 0 Å². The van der Waals surface area contributed by atoms with Gasteiger partial charge in [-0.3, -0.25) is 0 Å². The van der Waals surface area contributed by atoms with E-state index in [1.54, 1.807) is 0 Å². The molecule has 2 aromatic heterocycles. The largest absolute Gasteiger partial charge is 0.456 e. The zero-order valence-corrected chi connectivity index (χ0v) is 25.5. The van der Waals surface area contributed by atoms with Crippen molar-refractivity contribution in [1.29, 1.82) is 0 Å². The molecule has 0 radical (unpaired) electrons. The first-order valence-electron chi connectivity index (χ1n) is 15.8. The number of rotatable bonds is 6. The molecule has 0 N–H and O–H groups in total. The summed E-state index contributed by atoms with van der Waals surface area (Å²) >= 11 is 0. The summed E-state index contributed by atoms with van der Waals surface area (Å²) in [5.41, 5.74) is 11.4. The molecular formula is C44H29NO2. The van der Waals surface area contributed by atoms with E-state index in [4.69, 9.17) is 8.83 Å². The highest BCUT2D eigenvalue weighted by atomic mass is 16.3. The van der Waals surface area contributed by atoms with Gasteiger partial charge in [0.15, 0.2) is 0 Å². The number of hydrogen-bond acceptors (Lipinski definition) is 3. The molecule has 3 heteroatoms. The molecule has 0 atom stereocenters. The van der Waals surface area contributed by atoms with Gasteiger partial charge in [-0.1, -0.05) is 121 Å². The molecule has 0 fully saturated rings. The van der Waals surface area contributed by atoms with Gasteiger partial charge in [-0.05, 0) is 76.9 Å². The SMILES string of the molecule is c1ccc(-c2ccc(N(c3ccccc3)c3ccc(-c4cc5oc6ccccc6c5c5oc(-c6ccccc6)cc45)cc3)cc2)cc1. The van der Waals surface area contributed by atoms with Crippen LogP contribution in [0.1, 0.15) is 0 Å². The van der Waals surface area contributed by atoms with Crippen molar-refractivity contribution < 1.29 is 8.83 Å². The van der Waals surface area contributed by atoms with E-state index in [0.29, 0.717) is 0 Å². The van der Waals surface area contributed by atoms with Crippen LogP contribution in [0.3, 0.4) is 0 Å². The number of fused-ring (bicyclic) bond motifs is 5. The molecule has 0 unspecified atom stereocenters. The van der Waals surface area contributed by atoms with Crippen LogP contribution in [0.4, 0.5) is 17.1 Å². The summed E-state index contributed by atoms with van der Waals surface area (Å²) in [6, 6.07) is 61.3. The van der Waals surface area contributed by atoms with Crippen LogP contribution in [0.2, 0.25) is 0 Å². The molecule has 0 saturated heterocycles. The van der Waals surface area contributed by atoms with Gasteiger partial charge in [-0.25, -0.2) is 0 Å². The van der Waals surface area contributed by atoms with E-state index in [0.717, 1.165) is 72.4 Å². The normalized spacial score (nSPS) is 11.4. The minimum Gasteiger partial charge on any atom is -0.456 e. The van der Waals surface area contributed by atoms with Crippen LogP contribution in [-0.2, 0) is 0 Å². The van der Waals surface area contributed by atoms with Crippen molar-refractivity contribution in [2.45, 2.75) is 0 Å². The van der Waals surface area contributed by atoms with E-state index in [1.807, 2.05) is 42.5 Å². The standard InChI is InChI=1S/C44H29NO2/c1-4-12-30(13-5-1)31-20-24-35(25-21-31)45(34-16-8-3-9-17-34)36-26-22-32(23-27-36)38-28-42-43(37-18-10-11-19-40(37)46-42)44-39(38)29-41(47-44)33-14-6-2-7-15-33/h1-29H. The highest BCUT2D eigenvalue weighted by Gasteiger charge is 2.20. The van der Waals surface area contributed by atoms with Gasteiger partial charge in [0.1, 0.15) is 22.5 Å². The van der Waals surface area contributed by atoms with Crippen LogP contribution in [0, 0.1) is 0 Å². The van der Waals surface area contributed by atoms with Crippen molar-refractivity contribution in [3.63, 3.8) is 0 Å². The molecule has 3 nitrogen and oxygen atoms in total. The Morgan fingerprint density at radius 3 is 1.57 bits per heavy atom. The van der Waals surface area contributed by atoms with Crippen LogP contribution < -0.4 is 4.90 Å². The fourth-order valence-electron chi connectivity index (χ4n) is 6.62. The Kier molecular flexibility index (Phi) is 6.46. The summed E-state index contributed by atoms with van der Waals surface area (Å²) in [5, 5.41) is 3.12. The van der Waals surface area contributed by atoms with Crippen molar-refractivity contribution >= 4 is 50.0 Å². The van der Waals surface area contributed by atoms with E-state index in [9.17, 15) is 0 Å². The van der Waals surface area contributed by atoms with Crippen molar-refractivity contribution in [2.75, 3.05) is 4.90 Å². The van der Waals surface area contributed by atoms with Gasteiger partial charge in [-0.15, -0.1) is 0 Å². The summed E-state index contributed by atoms with van der Waals surface area (Å²) < 4.78 is 13.0. The molecule has 47 heavy (non-hydrogen) atoms. The lowest BCUT2D eigenvalue weighted by Crippen LogP contribution is -2.09. The lowest BCUT2D eigenvalue weighted by atomic mass is 9.98. The molecule has 7 aromatic carbocycles. The van der Waals surface area contributed by atoms with Crippen molar-refractivity contribution in [3.05, 3.63) is 176 Å². The second-order valence-electron chi connectivity index (χ2n) is 11.7. The maximum Gasteiger partial charge on any atom is 0.147 e. The number of anilines is 3. The number of nitrogens with zero attached hydrogens (tertiary/aromatic N) is 1. The smallest absolute Gasteiger partial charge is 0.147 e. The van der Waals surface area contributed by atoms with Crippen molar-refractivity contribution in [1.82, 2.24) is 0 Å². The summed E-state index contributed by atoms with van der Waals surface area (Å²) in [5.74, 6) is 0.838. The molecule has 222 valence electrons. The number of hydrogen-bond donors (Lipinski definition) is 0. The average Bonchev–Trinajstić information content (AvgIpc) is 3.75. The Labute approximate surface area is 272 Å². The highest BCUT2D eigenvalue weighted by Crippen LogP contribution is 2.44. The summed E-state index contributed by atoms with van der Waals surface area (Å²) in [4.78, 5) is 2.29. The summed E-state index contributed by atoms with van der Waals surface area (Å²) in [7, 11) is 0. The van der Waals surface area contributed by atoms with Crippen LogP contribution in [0.5, 0.6) is 0 Å². The predicted octanol–water partition coefficient (Wildman–Crippen LogP) is 12.8. The Hall–Kier alpha value is -6.32. The third kappa shape index (κ3) is 4.77. The highest BCUT2D eigenvalue weighted by molar-refractivity contribution is 6.20. The lowest BCUT2D eigenvalue weighted by Gasteiger charge is -2.26. The maximum atomic E-state index is 6.65. The summed E-state index contributed by atoms with van der Waals surface area (Å²) in [6.07, 6.45) is 0. The minimum absolute atomic E-state index is 0.816. The molecule has 0 aliphatic carbocycles. The molecule has 0 bridgehead atoms. The predicted molar refractivity (Wildman–Crippen MR) is 194 cm³/mol. The lowest BCUT2D eigenvalue weighted by molar-refractivity contribution is 0.633. The molecule has 0 aliphatic heterocycles. The summed E-state index contributed by atoms with van der Waals surface area (Å²) in [6.45, 7) is 0. The topological polar surface area (TPSA) is 29.5 Å². The van der Waals surface area contributed by atoms with E-state index in [1.165, 1.54) is 11.1 Å². The van der Waals surface area contributed by atoms with Gasteiger partial charge < -0.3 is 13.7 Å². The van der Waals surface area contributed by atoms with Gasteiger partial charge in [0.05, 0.1) is 5.39 Å². The first kappa shape index (κ1) is 27.0. The second-order valence-corrected chi connectivity index (χ2v) is 11.7. The molecule has 0 aliphatic rings. The zero-order valence-electron chi connectivity index (χ0n) is 25.5. The zero-order chi connectivity index (χ0) is 31.2. The quantitative estimate of drug-likeness (QED) is 0.189. The van der Waals surface area contributed by atoms with E-state index < -0.39 is 0 Å². The first-order chi connectivity index (χ1) is 23.3. The van der Waals surface area contributed by atoms with Crippen LogP contribution in [0.25, 0.3) is 66.5 Å². The number of para-hydroxylation sites is 2. The molecule has 2 heterocycles. The number of furan rings is 2. The molecule has 0 saturated carbocycles. The van der Waals surface area contributed by atoms with E-state index >= 15 is 0 Å². The van der Waals surface area contributed by atoms with Gasteiger partial charge >= 0.3 is 0 Å². The fraction of sp³-hybridized carbons (Fsp3) is 0.